The van der Waals surface area contributed by atoms with E-state index in [1.807, 2.05) is 6.07 Å². The van der Waals surface area contributed by atoms with E-state index < -0.39 is 34.3 Å². The van der Waals surface area contributed by atoms with Crippen LogP contribution in [0.2, 0.25) is 0 Å². The van der Waals surface area contributed by atoms with Crippen molar-refractivity contribution in [1.82, 2.24) is 19.5 Å². The average molecular weight is 561 g/mol. The molecule has 3 heterocycles. The molecule has 1 N–H and O–H groups in total. The van der Waals surface area contributed by atoms with E-state index in [9.17, 15) is 28.4 Å². The lowest BCUT2D eigenvalue weighted by atomic mass is 9.97. The topological polar surface area (TPSA) is 131 Å². The predicted octanol–water partition coefficient (Wildman–Crippen LogP) is 5.09. The fourth-order valence-electron chi connectivity index (χ4n) is 3.18. The second-order valence-corrected chi connectivity index (χ2v) is 8.24. The standard InChI is InChI=1S/C18H14F2N4O.C5H2BrFN2O2/c1-11(25)17-5-13(19)2-3-16(17)18-12(4-14(20)7-22-18)8-24-9-15(6-21)23-10-24;6-3-1-4(7)5(8-2-3)9(10)11/h2-5,7,9-11,25H,8H2,1H3;1-2H. The number of hydrogen-bond acceptors (Lipinski definition) is 7. The number of hydrogen-bond donors (Lipinski definition) is 1. The number of aliphatic hydroxyl groups excluding tert-OH is 1. The zero-order valence-corrected chi connectivity index (χ0v) is 20.0. The summed E-state index contributed by atoms with van der Waals surface area (Å²) in [5.41, 5.74) is 2.09. The summed E-state index contributed by atoms with van der Waals surface area (Å²) in [5.74, 6) is -2.69. The normalized spacial score (nSPS) is 11.2. The number of aliphatic hydroxyl groups is 1. The average Bonchev–Trinajstić information content (AvgIpc) is 3.27. The summed E-state index contributed by atoms with van der Waals surface area (Å²) in [6.07, 6.45) is 4.33. The van der Waals surface area contributed by atoms with E-state index in [-0.39, 0.29) is 12.2 Å². The van der Waals surface area contributed by atoms with Crippen molar-refractivity contribution in [3.05, 3.63) is 104 Å². The highest BCUT2D eigenvalue weighted by molar-refractivity contribution is 9.10. The van der Waals surface area contributed by atoms with Crippen LogP contribution in [0.3, 0.4) is 0 Å². The van der Waals surface area contributed by atoms with Crippen molar-refractivity contribution in [2.75, 3.05) is 0 Å². The van der Waals surface area contributed by atoms with Gasteiger partial charge in [-0.05, 0) is 62.6 Å². The summed E-state index contributed by atoms with van der Waals surface area (Å²) >= 11 is 2.92. The minimum absolute atomic E-state index is 0.228. The van der Waals surface area contributed by atoms with Crippen molar-refractivity contribution in [3.63, 3.8) is 0 Å². The summed E-state index contributed by atoms with van der Waals surface area (Å²) in [4.78, 5) is 20.5. The van der Waals surface area contributed by atoms with Gasteiger partial charge in [0.15, 0.2) is 11.9 Å². The lowest BCUT2D eigenvalue weighted by molar-refractivity contribution is -0.392. The maximum atomic E-state index is 13.7. The molecule has 1 unspecified atom stereocenters. The lowest BCUT2D eigenvalue weighted by Crippen LogP contribution is -2.04. The molecule has 0 aliphatic rings. The van der Waals surface area contributed by atoms with E-state index >= 15 is 0 Å². The summed E-state index contributed by atoms with van der Waals surface area (Å²) in [6.45, 7) is 1.75. The van der Waals surface area contributed by atoms with Crippen LogP contribution in [-0.2, 0) is 6.54 Å². The Morgan fingerprint density at radius 3 is 2.53 bits per heavy atom. The van der Waals surface area contributed by atoms with Crippen LogP contribution >= 0.6 is 15.9 Å². The molecule has 4 aromatic rings. The molecule has 0 saturated carbocycles. The third-order valence-corrected chi connectivity index (χ3v) is 5.15. The molecule has 0 radical (unpaired) electrons. The Kier molecular flexibility index (Phi) is 8.46. The maximum absolute atomic E-state index is 13.7. The molecule has 0 spiro atoms. The number of imidazole rings is 1. The molecule has 3 aromatic heterocycles. The van der Waals surface area contributed by atoms with E-state index in [0.29, 0.717) is 26.9 Å². The van der Waals surface area contributed by atoms with Gasteiger partial charge in [-0.25, -0.2) is 13.8 Å². The lowest BCUT2D eigenvalue weighted by Gasteiger charge is -2.15. The van der Waals surface area contributed by atoms with Gasteiger partial charge in [-0.15, -0.1) is 0 Å². The first-order valence-corrected chi connectivity index (χ1v) is 10.9. The SMILES string of the molecule is CC(O)c1cc(F)ccc1-c1ncc(F)cc1Cn1cnc(C#N)c1.O=[N+]([O-])c1ncc(Br)cc1F. The summed E-state index contributed by atoms with van der Waals surface area (Å²) in [6, 6.07) is 8.25. The number of nitro groups is 1. The van der Waals surface area contributed by atoms with Crippen LogP contribution in [0.5, 0.6) is 0 Å². The third kappa shape index (κ3) is 6.49. The number of halogens is 4. The molecule has 0 amide bonds. The fraction of sp³-hybridized carbons (Fsp3) is 0.130. The number of nitrogens with zero attached hydrogens (tertiary/aromatic N) is 6. The number of aromatic nitrogens is 4. The molecule has 9 nitrogen and oxygen atoms in total. The minimum atomic E-state index is -0.940. The molecule has 13 heteroatoms. The highest BCUT2D eigenvalue weighted by Crippen LogP contribution is 2.31. The second-order valence-electron chi connectivity index (χ2n) is 7.33. The molecule has 0 fully saturated rings. The van der Waals surface area contributed by atoms with Crippen LogP contribution in [0.4, 0.5) is 19.0 Å². The van der Waals surface area contributed by atoms with E-state index in [2.05, 4.69) is 30.9 Å². The minimum Gasteiger partial charge on any atom is -0.389 e. The van der Waals surface area contributed by atoms with Crippen molar-refractivity contribution in [2.24, 2.45) is 0 Å². The molecule has 1 atom stereocenters. The van der Waals surface area contributed by atoms with Crippen molar-refractivity contribution >= 4 is 21.7 Å². The van der Waals surface area contributed by atoms with Crippen LogP contribution in [0.15, 0.2) is 59.7 Å². The number of rotatable bonds is 5. The van der Waals surface area contributed by atoms with Gasteiger partial charge in [-0.1, -0.05) is 0 Å². The zero-order chi connectivity index (χ0) is 26.4. The molecular weight excluding hydrogens is 545 g/mol. The number of nitriles is 1. The fourth-order valence-corrected chi connectivity index (χ4v) is 3.49. The Labute approximate surface area is 210 Å². The van der Waals surface area contributed by atoms with Gasteiger partial charge in [0.25, 0.3) is 0 Å². The van der Waals surface area contributed by atoms with Gasteiger partial charge < -0.3 is 19.8 Å². The van der Waals surface area contributed by atoms with E-state index in [4.69, 9.17) is 5.26 Å². The third-order valence-electron chi connectivity index (χ3n) is 4.71. The maximum Gasteiger partial charge on any atom is 0.399 e. The Balaban J connectivity index is 0.000000275. The molecule has 184 valence electrons. The summed E-state index contributed by atoms with van der Waals surface area (Å²) in [7, 11) is 0. The molecule has 0 saturated heterocycles. The zero-order valence-electron chi connectivity index (χ0n) is 18.4. The van der Waals surface area contributed by atoms with Crippen LogP contribution in [-0.4, -0.2) is 29.5 Å². The molecule has 36 heavy (non-hydrogen) atoms. The molecular formula is C23H16BrF3N6O3. The van der Waals surface area contributed by atoms with E-state index in [1.165, 1.54) is 49.9 Å². The van der Waals surface area contributed by atoms with Gasteiger partial charge in [-0.2, -0.15) is 9.65 Å². The van der Waals surface area contributed by atoms with Crippen LogP contribution in [0.25, 0.3) is 11.3 Å². The van der Waals surface area contributed by atoms with Crippen molar-refractivity contribution in [3.8, 4) is 17.3 Å². The first-order chi connectivity index (χ1) is 17.1. The van der Waals surface area contributed by atoms with Gasteiger partial charge >= 0.3 is 5.82 Å². The van der Waals surface area contributed by atoms with Gasteiger partial charge in [0.05, 0.1) is 35.3 Å². The monoisotopic (exact) mass is 560 g/mol. The van der Waals surface area contributed by atoms with Crippen LogP contribution in [0, 0.1) is 38.9 Å². The van der Waals surface area contributed by atoms with Gasteiger partial charge in [0.1, 0.15) is 17.7 Å². The van der Waals surface area contributed by atoms with Crippen molar-refractivity contribution in [2.45, 2.75) is 19.6 Å². The molecule has 0 aliphatic carbocycles. The first kappa shape index (κ1) is 26.5. The summed E-state index contributed by atoms with van der Waals surface area (Å²) in [5, 5.41) is 28.8. The highest BCUT2D eigenvalue weighted by atomic mass is 79.9. The van der Waals surface area contributed by atoms with Crippen molar-refractivity contribution < 1.29 is 23.2 Å². The Morgan fingerprint density at radius 1 is 1.17 bits per heavy atom. The van der Waals surface area contributed by atoms with E-state index in [1.54, 1.807) is 4.57 Å². The quantitative estimate of drug-likeness (QED) is 0.265. The molecule has 1 aromatic carbocycles. The molecule has 0 bridgehead atoms. The Bertz CT molecular complexity index is 1460. The smallest absolute Gasteiger partial charge is 0.389 e. The Hall–Kier alpha value is -4.15. The van der Waals surface area contributed by atoms with Crippen LogP contribution in [0.1, 0.15) is 29.8 Å². The van der Waals surface area contributed by atoms with Crippen molar-refractivity contribution in [1.29, 1.82) is 5.26 Å². The largest absolute Gasteiger partial charge is 0.399 e. The molecule has 4 rings (SSSR count). The predicted molar refractivity (Wildman–Crippen MR) is 125 cm³/mol. The van der Waals surface area contributed by atoms with E-state index in [0.717, 1.165) is 12.3 Å². The van der Waals surface area contributed by atoms with Gasteiger partial charge in [-0.3, -0.25) is 4.98 Å². The second kappa shape index (κ2) is 11.5. The first-order valence-electron chi connectivity index (χ1n) is 10.1. The molecule has 0 aliphatic heterocycles. The highest BCUT2D eigenvalue weighted by Gasteiger charge is 2.17. The number of pyridine rings is 2. The van der Waals surface area contributed by atoms with Gasteiger partial charge in [0, 0.05) is 23.4 Å². The summed E-state index contributed by atoms with van der Waals surface area (Å²) < 4.78 is 41.8. The van der Waals surface area contributed by atoms with Gasteiger partial charge in [0.2, 0.25) is 5.82 Å². The Morgan fingerprint density at radius 2 is 1.92 bits per heavy atom. The van der Waals surface area contributed by atoms with Crippen LogP contribution < -0.4 is 0 Å². The number of benzene rings is 1.